The molecular formula is C32H31ClN5O-. The Morgan fingerprint density at radius 1 is 1.05 bits per heavy atom. The highest BCUT2D eigenvalue weighted by Gasteiger charge is 2.21. The monoisotopic (exact) mass is 536 g/mol. The van der Waals surface area contributed by atoms with Crippen LogP contribution in [-0.4, -0.2) is 28.8 Å². The first-order chi connectivity index (χ1) is 19.1. The molecule has 2 aromatic rings. The second-order valence-corrected chi connectivity index (χ2v) is 10.4. The number of halogens is 1. The predicted octanol–water partition coefficient (Wildman–Crippen LogP) is 7.74. The maximum atomic E-state index is 6.25. The first-order valence-corrected chi connectivity index (χ1v) is 13.8. The lowest BCUT2D eigenvalue weighted by atomic mass is 9.93. The summed E-state index contributed by atoms with van der Waals surface area (Å²) >= 11 is 6.25. The van der Waals surface area contributed by atoms with Gasteiger partial charge >= 0.3 is 0 Å². The van der Waals surface area contributed by atoms with Crippen LogP contribution in [0, 0.1) is 0 Å². The quantitative estimate of drug-likeness (QED) is 0.265. The normalized spacial score (nSPS) is 20.8. The number of anilines is 1. The molecule has 0 spiro atoms. The number of methoxy groups -OCH3 is 1. The summed E-state index contributed by atoms with van der Waals surface area (Å²) < 4.78 is 7.84. The Balaban J connectivity index is 1.54. The lowest BCUT2D eigenvalue weighted by molar-refractivity contribution is 0.0663. The summed E-state index contributed by atoms with van der Waals surface area (Å²) in [6, 6.07) is 20.6. The fourth-order valence-electron chi connectivity index (χ4n) is 5.33. The minimum Gasteiger partial charge on any atom is -0.663 e. The van der Waals surface area contributed by atoms with Crippen molar-refractivity contribution in [2.24, 2.45) is 4.99 Å². The van der Waals surface area contributed by atoms with E-state index in [0.717, 1.165) is 76.2 Å². The number of fused-ring (bicyclic) bond motifs is 2. The minimum absolute atomic E-state index is 0.238. The molecule has 4 aliphatic rings. The maximum absolute atomic E-state index is 6.25. The number of rotatable bonds is 5. The summed E-state index contributed by atoms with van der Waals surface area (Å²) in [4.78, 5) is 10.3. The highest BCUT2D eigenvalue weighted by Crippen LogP contribution is 2.31. The number of hydrogen-bond acceptors (Lipinski definition) is 4. The minimum atomic E-state index is 0.238. The molecule has 0 atom stereocenters. The van der Waals surface area contributed by atoms with Gasteiger partial charge in [-0.2, -0.15) is 6.20 Å². The number of ether oxygens (including phenoxy) is 1. The first-order valence-electron chi connectivity index (χ1n) is 13.4. The molecule has 0 unspecified atom stereocenters. The van der Waals surface area contributed by atoms with Gasteiger partial charge in [0.25, 0.3) is 0 Å². The number of nitrogens with zero attached hydrogens (tertiary/aromatic N) is 4. The van der Waals surface area contributed by atoms with Crippen LogP contribution in [0.2, 0.25) is 5.02 Å². The average molecular weight is 537 g/mol. The Hall–Kier alpha value is -3.87. The summed E-state index contributed by atoms with van der Waals surface area (Å²) in [7, 11) is 1.80. The van der Waals surface area contributed by atoms with Crippen molar-refractivity contribution < 1.29 is 4.74 Å². The predicted molar refractivity (Wildman–Crippen MR) is 159 cm³/mol. The van der Waals surface area contributed by atoms with E-state index in [2.05, 4.69) is 33.4 Å². The fourth-order valence-corrected chi connectivity index (χ4v) is 5.46. The van der Waals surface area contributed by atoms with Gasteiger partial charge in [-0.25, -0.2) is 4.98 Å². The third kappa shape index (κ3) is 5.35. The largest absolute Gasteiger partial charge is 0.663 e. The van der Waals surface area contributed by atoms with Gasteiger partial charge in [0.05, 0.1) is 45.6 Å². The van der Waals surface area contributed by atoms with E-state index in [1.165, 1.54) is 0 Å². The van der Waals surface area contributed by atoms with E-state index in [4.69, 9.17) is 26.3 Å². The van der Waals surface area contributed by atoms with Crippen molar-refractivity contribution in [3.63, 3.8) is 0 Å². The van der Waals surface area contributed by atoms with E-state index < -0.39 is 0 Å². The van der Waals surface area contributed by atoms with Crippen LogP contribution in [-0.2, 0) is 4.74 Å². The molecule has 39 heavy (non-hydrogen) atoms. The summed E-state index contributed by atoms with van der Waals surface area (Å²) in [5, 5.41) is 9.72. The highest BCUT2D eigenvalue weighted by molar-refractivity contribution is 6.30. The molecule has 198 valence electrons. The van der Waals surface area contributed by atoms with Gasteiger partial charge in [-0.05, 0) is 87.2 Å². The molecule has 0 saturated heterocycles. The van der Waals surface area contributed by atoms with Crippen LogP contribution in [0.5, 0.6) is 0 Å². The Morgan fingerprint density at radius 2 is 1.85 bits per heavy atom. The number of aromatic nitrogens is 2. The van der Waals surface area contributed by atoms with Crippen molar-refractivity contribution >= 4 is 28.3 Å². The van der Waals surface area contributed by atoms with Crippen molar-refractivity contribution in [1.82, 2.24) is 9.55 Å². The number of hydrogen-bond donors (Lipinski definition) is 1. The molecule has 2 aromatic carbocycles. The van der Waals surface area contributed by atoms with Gasteiger partial charge < -0.3 is 19.9 Å². The molecular weight excluding hydrogens is 506 g/mol. The standard InChI is InChI=1S/C32H31ClN5O/c1-3-22-10-11-24(20-34-22)36-28-18-30-32(19-29(28)35-23-12-16-26(39-2)17-13-23)38(25-14-8-21(33)9-15-25)31-7-5-4-6-27(31)37-30/h3-11,14-15,18-20,23,26,36H,12-13,16-17H2,1-2H3/q-1. The van der Waals surface area contributed by atoms with Crippen molar-refractivity contribution in [2.45, 2.75) is 44.8 Å². The van der Waals surface area contributed by atoms with Crippen LogP contribution in [0.1, 0.15) is 32.6 Å². The number of benzene rings is 3. The Morgan fingerprint density at radius 3 is 2.56 bits per heavy atom. The lowest BCUT2D eigenvalue weighted by Gasteiger charge is -2.26. The van der Waals surface area contributed by atoms with E-state index in [-0.39, 0.29) is 6.04 Å². The highest BCUT2D eigenvalue weighted by atomic mass is 35.5. The average Bonchev–Trinajstić information content (AvgIpc) is 2.98. The second kappa shape index (κ2) is 11.1. The molecule has 0 radical (unpaired) electrons. The van der Waals surface area contributed by atoms with Gasteiger partial charge in [0, 0.05) is 23.5 Å². The van der Waals surface area contributed by atoms with E-state index in [1.807, 2.05) is 73.8 Å². The van der Waals surface area contributed by atoms with Crippen LogP contribution >= 0.6 is 11.6 Å². The third-order valence-corrected chi connectivity index (χ3v) is 7.69. The van der Waals surface area contributed by atoms with Gasteiger partial charge in [0.2, 0.25) is 0 Å². The van der Waals surface area contributed by atoms with Gasteiger partial charge in [0.15, 0.2) is 0 Å². The number of allylic oxidation sites excluding steroid dienone is 3. The molecule has 6 nitrogen and oxygen atoms in total. The van der Waals surface area contributed by atoms with Crippen LogP contribution in [0.15, 0.2) is 101 Å². The smallest absolute Gasteiger partial charge is 0.0900 e. The topological polar surface area (TPSA) is 65.5 Å². The number of nitrogens with one attached hydrogen (secondary N) is 1. The zero-order valence-electron chi connectivity index (χ0n) is 22.1. The van der Waals surface area contributed by atoms with Gasteiger partial charge in [0.1, 0.15) is 0 Å². The van der Waals surface area contributed by atoms with Crippen molar-refractivity contribution in [2.75, 3.05) is 12.4 Å². The molecule has 6 rings (SSSR count). The van der Waals surface area contributed by atoms with E-state index >= 15 is 0 Å². The molecule has 0 amide bonds. The van der Waals surface area contributed by atoms with Gasteiger partial charge in [-0.1, -0.05) is 29.8 Å². The van der Waals surface area contributed by atoms with Crippen molar-refractivity contribution in [3.05, 3.63) is 112 Å². The molecule has 2 heterocycles. The molecule has 1 N–H and O–H groups in total. The maximum Gasteiger partial charge on any atom is 0.0900 e. The zero-order chi connectivity index (χ0) is 26.8. The van der Waals surface area contributed by atoms with Crippen molar-refractivity contribution in [1.29, 1.82) is 0 Å². The van der Waals surface area contributed by atoms with Crippen LogP contribution in [0.25, 0.3) is 33.4 Å². The van der Waals surface area contributed by atoms with Crippen LogP contribution in [0.3, 0.4) is 0 Å². The third-order valence-electron chi connectivity index (χ3n) is 7.44. The Labute approximate surface area is 233 Å². The van der Waals surface area contributed by atoms with Crippen molar-refractivity contribution in [3.8, 4) is 17.1 Å². The Kier molecular flexibility index (Phi) is 7.22. The molecule has 2 aliphatic heterocycles. The van der Waals surface area contributed by atoms with Gasteiger partial charge in [-0.15, -0.1) is 11.8 Å². The van der Waals surface area contributed by atoms with E-state index in [1.54, 1.807) is 7.11 Å². The molecule has 0 aromatic heterocycles. The van der Waals surface area contributed by atoms with Crippen LogP contribution < -0.4 is 10.7 Å². The second-order valence-electron chi connectivity index (χ2n) is 9.95. The summed E-state index contributed by atoms with van der Waals surface area (Å²) in [5.41, 5.74) is 7.58. The number of para-hydroxylation sites is 2. The zero-order valence-corrected chi connectivity index (χ0v) is 22.9. The molecule has 1 saturated carbocycles. The molecule has 1 fully saturated rings. The van der Waals surface area contributed by atoms with Crippen LogP contribution in [0.4, 0.5) is 5.69 Å². The SMILES string of the molecule is CC=C1C=CC(Nc2cc3nc4ccccc4n(-c4ccc(Cl)cc4)c-3cc2=NC2CCC(OC)CC2)=C[N-]1. The van der Waals surface area contributed by atoms with Gasteiger partial charge in [-0.3, -0.25) is 4.99 Å². The summed E-state index contributed by atoms with van der Waals surface area (Å²) in [6.45, 7) is 1.99. The fraction of sp³-hybridized carbons (Fsp3) is 0.250. The molecule has 0 bridgehead atoms. The summed E-state index contributed by atoms with van der Waals surface area (Å²) in [5.74, 6) is 0. The summed E-state index contributed by atoms with van der Waals surface area (Å²) in [6.07, 6.45) is 12.3. The first kappa shape index (κ1) is 25.4. The molecule has 2 aliphatic carbocycles. The van der Waals surface area contributed by atoms with E-state index in [0.29, 0.717) is 11.1 Å². The van der Waals surface area contributed by atoms with E-state index in [9.17, 15) is 0 Å². The molecule has 7 heteroatoms. The lowest BCUT2D eigenvalue weighted by Crippen LogP contribution is -2.25. The Bertz CT molecular complexity index is 1620.